The minimum atomic E-state index is -1.17. The van der Waals surface area contributed by atoms with E-state index in [0.717, 1.165) is 11.3 Å². The molecule has 2 heterocycles. The van der Waals surface area contributed by atoms with Gasteiger partial charge in [-0.25, -0.2) is 4.98 Å². The van der Waals surface area contributed by atoms with Crippen LogP contribution in [0.25, 0.3) is 11.3 Å². The van der Waals surface area contributed by atoms with Gasteiger partial charge in [0.25, 0.3) is 5.91 Å². The number of nitrogens with zero attached hydrogens (tertiary/aromatic N) is 4. The molecule has 0 radical (unpaired) electrons. The monoisotopic (exact) mass is 429 g/mol. The first-order chi connectivity index (χ1) is 15.0. The molecule has 8 heteroatoms. The Bertz CT molecular complexity index is 1180. The number of rotatable bonds is 6. The number of carbonyl (C=O) groups is 2. The van der Waals surface area contributed by atoms with E-state index in [2.05, 4.69) is 10.1 Å². The summed E-state index contributed by atoms with van der Waals surface area (Å²) < 4.78 is 0. The average Bonchev–Trinajstić information content (AvgIpc) is 3.38. The van der Waals surface area contributed by atoms with Gasteiger partial charge in [0.1, 0.15) is 5.92 Å². The summed E-state index contributed by atoms with van der Waals surface area (Å²) >= 11 is 1.31. The number of thiazole rings is 1. The van der Waals surface area contributed by atoms with Crippen molar-refractivity contribution in [2.75, 3.05) is 5.01 Å². The van der Waals surface area contributed by atoms with Crippen molar-refractivity contribution in [3.8, 4) is 17.3 Å². The van der Waals surface area contributed by atoms with Crippen LogP contribution in [0.1, 0.15) is 18.4 Å². The lowest BCUT2D eigenvalue weighted by Gasteiger charge is -2.25. The fourth-order valence-electron chi connectivity index (χ4n) is 3.81. The lowest BCUT2D eigenvalue weighted by Crippen LogP contribution is -2.38. The quantitative estimate of drug-likeness (QED) is 0.645. The molecule has 4 rings (SSSR count). The lowest BCUT2D eigenvalue weighted by molar-refractivity contribution is -0.123. The average molecular weight is 430 g/mol. The first-order valence-corrected chi connectivity index (χ1v) is 10.5. The second kappa shape index (κ2) is 8.50. The molecule has 1 aromatic heterocycles. The van der Waals surface area contributed by atoms with Crippen LogP contribution in [-0.4, -0.2) is 22.5 Å². The number of anilines is 1. The Kier molecular flexibility index (Phi) is 5.60. The smallest absolute Gasteiger partial charge is 0.259 e. The molecular weight excluding hydrogens is 410 g/mol. The van der Waals surface area contributed by atoms with Gasteiger partial charge >= 0.3 is 0 Å². The number of primary amides is 1. The molecule has 31 heavy (non-hydrogen) atoms. The zero-order chi connectivity index (χ0) is 22.0. The predicted octanol–water partition coefficient (Wildman–Crippen LogP) is 3.56. The standard InChI is InChI=1S/C23H19N5O2S/c1-14-19(20(17(12-24)21(25)29)16-10-6-3-7-11-16)22(30)28(27-14)23-26-18(13-31-23)15-8-4-2-5-9-15/h2-11,13,17,19-20H,1H3,(H2,25,29)/t17-,19+,20+/m1/s1. The van der Waals surface area contributed by atoms with E-state index in [9.17, 15) is 14.9 Å². The number of benzene rings is 2. The van der Waals surface area contributed by atoms with Crippen LogP contribution >= 0.6 is 11.3 Å². The minimum absolute atomic E-state index is 0.332. The lowest BCUT2D eigenvalue weighted by atomic mass is 9.75. The maximum atomic E-state index is 13.4. The predicted molar refractivity (Wildman–Crippen MR) is 119 cm³/mol. The van der Waals surface area contributed by atoms with Gasteiger partial charge in [0, 0.05) is 22.6 Å². The van der Waals surface area contributed by atoms with Gasteiger partial charge in [-0.05, 0) is 12.5 Å². The van der Waals surface area contributed by atoms with Gasteiger partial charge in [-0.1, -0.05) is 60.7 Å². The fraction of sp³-hybridized carbons (Fsp3) is 0.174. The summed E-state index contributed by atoms with van der Waals surface area (Å²) in [6.45, 7) is 1.72. The topological polar surface area (TPSA) is 112 Å². The number of amides is 2. The van der Waals surface area contributed by atoms with E-state index < -0.39 is 23.7 Å². The molecule has 154 valence electrons. The second-order valence-electron chi connectivity index (χ2n) is 7.20. The zero-order valence-electron chi connectivity index (χ0n) is 16.7. The summed E-state index contributed by atoms with van der Waals surface area (Å²) in [5, 5.41) is 17.7. The Morgan fingerprint density at radius 3 is 2.42 bits per heavy atom. The number of carbonyl (C=O) groups excluding carboxylic acids is 2. The molecule has 2 N–H and O–H groups in total. The van der Waals surface area contributed by atoms with Crippen LogP contribution in [0.5, 0.6) is 0 Å². The number of nitriles is 1. The van der Waals surface area contributed by atoms with Crippen molar-refractivity contribution in [3.63, 3.8) is 0 Å². The van der Waals surface area contributed by atoms with Crippen LogP contribution in [0, 0.1) is 23.2 Å². The van der Waals surface area contributed by atoms with Crippen LogP contribution < -0.4 is 10.7 Å². The van der Waals surface area contributed by atoms with Gasteiger partial charge in [0.2, 0.25) is 11.0 Å². The normalized spacial score (nSPS) is 17.7. The molecule has 0 unspecified atom stereocenters. The van der Waals surface area contributed by atoms with Crippen molar-refractivity contribution < 1.29 is 9.59 Å². The van der Waals surface area contributed by atoms with Crippen LogP contribution in [-0.2, 0) is 9.59 Å². The number of hydrogen-bond acceptors (Lipinski definition) is 6. The Hall–Kier alpha value is -3.83. The largest absolute Gasteiger partial charge is 0.369 e. The Morgan fingerprint density at radius 2 is 1.81 bits per heavy atom. The summed E-state index contributed by atoms with van der Waals surface area (Å²) in [5.74, 6) is -3.79. The van der Waals surface area contributed by atoms with E-state index in [1.165, 1.54) is 16.3 Å². The van der Waals surface area contributed by atoms with Crippen LogP contribution in [0.4, 0.5) is 5.13 Å². The third-order valence-corrected chi connectivity index (χ3v) is 6.09. The van der Waals surface area contributed by atoms with Crippen LogP contribution in [0.3, 0.4) is 0 Å². The molecule has 1 aliphatic heterocycles. The summed E-state index contributed by atoms with van der Waals surface area (Å²) in [6, 6.07) is 20.6. The van der Waals surface area contributed by atoms with Gasteiger partial charge in [-0.2, -0.15) is 15.4 Å². The minimum Gasteiger partial charge on any atom is -0.369 e. The second-order valence-corrected chi connectivity index (χ2v) is 8.03. The van der Waals surface area contributed by atoms with Crippen molar-refractivity contribution in [3.05, 3.63) is 71.6 Å². The molecule has 2 amide bonds. The van der Waals surface area contributed by atoms with Gasteiger partial charge in [-0.15, -0.1) is 11.3 Å². The third-order valence-electron chi connectivity index (χ3n) is 5.27. The molecule has 2 aromatic carbocycles. The number of aromatic nitrogens is 1. The molecule has 0 aliphatic carbocycles. The fourth-order valence-corrected chi connectivity index (χ4v) is 4.59. The molecule has 3 atom stereocenters. The number of hydrogen-bond donors (Lipinski definition) is 1. The SMILES string of the molecule is CC1=NN(c2nc(-c3ccccc3)cs2)C(=O)[C@@H]1[C@@H](c1ccccc1)[C@@H](C#N)C(N)=O. The molecule has 3 aromatic rings. The van der Waals surface area contributed by atoms with E-state index >= 15 is 0 Å². The van der Waals surface area contributed by atoms with E-state index in [0.29, 0.717) is 16.4 Å². The van der Waals surface area contributed by atoms with Crippen LogP contribution in [0.15, 0.2) is 71.1 Å². The van der Waals surface area contributed by atoms with Gasteiger partial charge in [0.05, 0.1) is 17.7 Å². The van der Waals surface area contributed by atoms with E-state index in [1.54, 1.807) is 31.2 Å². The molecule has 1 aliphatic rings. The Morgan fingerprint density at radius 1 is 1.16 bits per heavy atom. The first-order valence-electron chi connectivity index (χ1n) is 9.65. The van der Waals surface area contributed by atoms with E-state index in [1.807, 2.05) is 47.8 Å². The summed E-state index contributed by atoms with van der Waals surface area (Å²) in [5.41, 5.74) is 8.40. The van der Waals surface area contributed by atoms with Crippen molar-refractivity contribution in [1.29, 1.82) is 5.26 Å². The van der Waals surface area contributed by atoms with Gasteiger partial charge in [-0.3, -0.25) is 9.59 Å². The van der Waals surface area contributed by atoms with E-state index in [-0.39, 0.29) is 5.91 Å². The van der Waals surface area contributed by atoms with Crippen molar-refractivity contribution >= 4 is 34.0 Å². The molecule has 0 spiro atoms. The highest BCUT2D eigenvalue weighted by Crippen LogP contribution is 2.39. The summed E-state index contributed by atoms with van der Waals surface area (Å²) in [6.07, 6.45) is 0. The number of hydrazone groups is 1. The maximum absolute atomic E-state index is 13.4. The van der Waals surface area contributed by atoms with E-state index in [4.69, 9.17) is 5.73 Å². The summed E-state index contributed by atoms with van der Waals surface area (Å²) in [4.78, 5) is 30.1. The molecule has 7 nitrogen and oxygen atoms in total. The highest BCUT2D eigenvalue weighted by Gasteiger charge is 2.46. The third kappa shape index (κ3) is 3.83. The van der Waals surface area contributed by atoms with Crippen molar-refractivity contribution in [2.45, 2.75) is 12.8 Å². The van der Waals surface area contributed by atoms with Crippen molar-refractivity contribution in [2.24, 2.45) is 22.7 Å². The maximum Gasteiger partial charge on any atom is 0.259 e. The van der Waals surface area contributed by atoms with Crippen LogP contribution in [0.2, 0.25) is 0 Å². The van der Waals surface area contributed by atoms with Gasteiger partial charge < -0.3 is 5.73 Å². The zero-order valence-corrected chi connectivity index (χ0v) is 17.5. The first kappa shape index (κ1) is 20.4. The molecular formula is C23H19N5O2S. The number of nitrogens with two attached hydrogens (primary N) is 1. The van der Waals surface area contributed by atoms with Gasteiger partial charge in [0.15, 0.2) is 0 Å². The molecule has 0 bridgehead atoms. The highest BCUT2D eigenvalue weighted by atomic mass is 32.1. The Labute approximate surface area is 183 Å². The summed E-state index contributed by atoms with van der Waals surface area (Å²) in [7, 11) is 0. The highest BCUT2D eigenvalue weighted by molar-refractivity contribution is 7.14. The molecule has 0 saturated carbocycles. The molecule has 0 saturated heterocycles. The van der Waals surface area contributed by atoms with Crippen molar-refractivity contribution in [1.82, 2.24) is 4.98 Å². The Balaban J connectivity index is 1.70. The molecule has 0 fully saturated rings.